The van der Waals surface area contributed by atoms with Gasteiger partial charge in [-0.25, -0.2) is 0 Å². The van der Waals surface area contributed by atoms with Crippen LogP contribution in [0.2, 0.25) is 0 Å². The highest BCUT2D eigenvalue weighted by atomic mass is 14.7. The van der Waals surface area contributed by atoms with Crippen LogP contribution in [0.25, 0.3) is 10.9 Å². The largest absolute Gasteiger partial charge is 0.327 e. The second-order valence-electron chi connectivity index (χ2n) is 6.03. The zero-order valence-corrected chi connectivity index (χ0v) is 11.5. The summed E-state index contributed by atoms with van der Waals surface area (Å²) in [7, 11) is 0. The molecule has 1 saturated carbocycles. The van der Waals surface area contributed by atoms with Crippen molar-refractivity contribution >= 4 is 10.9 Å². The van der Waals surface area contributed by atoms with E-state index in [2.05, 4.69) is 36.2 Å². The van der Waals surface area contributed by atoms with Gasteiger partial charge in [0, 0.05) is 17.6 Å². The van der Waals surface area contributed by atoms with Crippen LogP contribution < -0.4 is 5.73 Å². The van der Waals surface area contributed by atoms with Crippen LogP contribution in [0.15, 0.2) is 36.5 Å². The Morgan fingerprint density at radius 3 is 2.89 bits per heavy atom. The predicted octanol–water partition coefficient (Wildman–Crippen LogP) is 3.54. The van der Waals surface area contributed by atoms with Crippen molar-refractivity contribution in [2.24, 2.45) is 17.6 Å². The molecule has 3 rings (SSSR count). The molecule has 2 heteroatoms. The van der Waals surface area contributed by atoms with Gasteiger partial charge in [0.15, 0.2) is 0 Å². The molecule has 0 aliphatic heterocycles. The molecule has 0 radical (unpaired) electrons. The van der Waals surface area contributed by atoms with Crippen molar-refractivity contribution in [1.82, 2.24) is 4.98 Å². The Balaban J connectivity index is 1.81. The fraction of sp³-hybridized carbons (Fsp3) is 0.471. The third-order valence-corrected chi connectivity index (χ3v) is 4.54. The number of hydrogen-bond acceptors (Lipinski definition) is 2. The van der Waals surface area contributed by atoms with E-state index in [0.717, 1.165) is 17.9 Å². The van der Waals surface area contributed by atoms with Crippen LogP contribution in [0, 0.1) is 11.8 Å². The second-order valence-corrected chi connectivity index (χ2v) is 6.03. The Morgan fingerprint density at radius 2 is 2.11 bits per heavy atom. The fourth-order valence-corrected chi connectivity index (χ4v) is 3.39. The van der Waals surface area contributed by atoms with E-state index in [1.54, 1.807) is 0 Å². The van der Waals surface area contributed by atoms with E-state index in [-0.39, 0.29) is 6.04 Å². The summed E-state index contributed by atoms with van der Waals surface area (Å²) < 4.78 is 0. The summed E-state index contributed by atoms with van der Waals surface area (Å²) in [4.78, 5) is 4.42. The molecule has 0 spiro atoms. The number of nitrogens with two attached hydrogens (primary N) is 1. The van der Waals surface area contributed by atoms with E-state index in [1.807, 2.05) is 12.3 Å². The second kappa shape index (κ2) is 5.30. The lowest BCUT2D eigenvalue weighted by atomic mass is 9.91. The first-order valence-corrected chi connectivity index (χ1v) is 7.32. The molecule has 1 aromatic heterocycles. The molecule has 0 amide bonds. The smallest absolute Gasteiger partial charge is 0.0704 e. The van der Waals surface area contributed by atoms with Crippen LogP contribution in [0.1, 0.15) is 31.7 Å². The number of para-hydroxylation sites is 1. The van der Waals surface area contributed by atoms with Gasteiger partial charge in [-0.2, -0.15) is 0 Å². The lowest BCUT2D eigenvalue weighted by Crippen LogP contribution is -2.31. The highest BCUT2D eigenvalue weighted by Crippen LogP contribution is 2.33. The number of hydrogen-bond donors (Lipinski definition) is 1. The fourth-order valence-electron chi connectivity index (χ4n) is 3.39. The van der Waals surface area contributed by atoms with E-state index >= 15 is 0 Å². The highest BCUT2D eigenvalue weighted by Gasteiger charge is 2.26. The lowest BCUT2D eigenvalue weighted by molar-refractivity contribution is 0.416. The minimum absolute atomic E-state index is 0.288. The Hall–Kier alpha value is -1.41. The number of benzene rings is 1. The minimum atomic E-state index is 0.288. The van der Waals surface area contributed by atoms with Crippen LogP contribution in [-0.4, -0.2) is 11.0 Å². The van der Waals surface area contributed by atoms with Gasteiger partial charge >= 0.3 is 0 Å². The van der Waals surface area contributed by atoms with Gasteiger partial charge in [-0.3, -0.25) is 4.98 Å². The molecule has 1 aliphatic rings. The summed E-state index contributed by atoms with van der Waals surface area (Å²) in [6.45, 7) is 2.34. The first kappa shape index (κ1) is 12.6. The predicted molar refractivity (Wildman–Crippen MR) is 79.9 cm³/mol. The standard InChI is InChI=1S/C17H22N2/c1-12-6-7-14(10-12)16(18)11-13-8-9-19-17-5-3-2-4-15(13)17/h2-5,8-9,12,14,16H,6-7,10-11,18H2,1H3. The Bertz CT molecular complexity index is 559. The molecular formula is C17H22N2. The van der Waals surface area contributed by atoms with E-state index in [9.17, 15) is 0 Å². The molecule has 100 valence electrons. The average molecular weight is 254 g/mol. The summed E-state index contributed by atoms with van der Waals surface area (Å²) in [5, 5.41) is 1.26. The molecule has 19 heavy (non-hydrogen) atoms. The lowest BCUT2D eigenvalue weighted by Gasteiger charge is -2.20. The Labute approximate surface area is 115 Å². The summed E-state index contributed by atoms with van der Waals surface area (Å²) in [6, 6.07) is 10.8. The van der Waals surface area contributed by atoms with E-state index < -0.39 is 0 Å². The molecule has 1 fully saturated rings. The Kier molecular flexibility index (Phi) is 3.52. The molecule has 3 unspecified atom stereocenters. The van der Waals surface area contributed by atoms with Gasteiger partial charge in [0.2, 0.25) is 0 Å². The van der Waals surface area contributed by atoms with Gasteiger partial charge < -0.3 is 5.73 Å². The van der Waals surface area contributed by atoms with Crippen molar-refractivity contribution in [3.63, 3.8) is 0 Å². The highest BCUT2D eigenvalue weighted by molar-refractivity contribution is 5.81. The van der Waals surface area contributed by atoms with E-state index in [1.165, 1.54) is 30.2 Å². The number of aromatic nitrogens is 1. The van der Waals surface area contributed by atoms with Crippen molar-refractivity contribution in [1.29, 1.82) is 0 Å². The van der Waals surface area contributed by atoms with Crippen LogP contribution in [0.4, 0.5) is 0 Å². The summed E-state index contributed by atoms with van der Waals surface area (Å²) in [6.07, 6.45) is 6.81. The molecule has 2 aromatic rings. The molecule has 0 bridgehead atoms. The van der Waals surface area contributed by atoms with Crippen molar-refractivity contribution in [3.05, 3.63) is 42.1 Å². The topological polar surface area (TPSA) is 38.9 Å². The van der Waals surface area contributed by atoms with Crippen LogP contribution in [0.3, 0.4) is 0 Å². The van der Waals surface area contributed by atoms with Gasteiger partial charge in [0.05, 0.1) is 5.52 Å². The van der Waals surface area contributed by atoms with Crippen molar-refractivity contribution < 1.29 is 0 Å². The summed E-state index contributed by atoms with van der Waals surface area (Å²) >= 11 is 0. The third-order valence-electron chi connectivity index (χ3n) is 4.54. The van der Waals surface area contributed by atoms with Crippen LogP contribution >= 0.6 is 0 Å². The van der Waals surface area contributed by atoms with Gasteiger partial charge in [-0.15, -0.1) is 0 Å². The molecule has 1 aromatic carbocycles. The number of pyridine rings is 1. The maximum atomic E-state index is 6.44. The van der Waals surface area contributed by atoms with Gasteiger partial charge in [0.25, 0.3) is 0 Å². The molecule has 1 heterocycles. The Morgan fingerprint density at radius 1 is 1.26 bits per heavy atom. The van der Waals surface area contributed by atoms with Crippen molar-refractivity contribution in [2.75, 3.05) is 0 Å². The van der Waals surface area contributed by atoms with Crippen molar-refractivity contribution in [2.45, 2.75) is 38.6 Å². The van der Waals surface area contributed by atoms with Gasteiger partial charge in [-0.1, -0.05) is 31.5 Å². The first-order valence-electron chi connectivity index (χ1n) is 7.32. The summed E-state index contributed by atoms with van der Waals surface area (Å²) in [5.74, 6) is 1.55. The monoisotopic (exact) mass is 254 g/mol. The van der Waals surface area contributed by atoms with Crippen molar-refractivity contribution in [3.8, 4) is 0 Å². The zero-order chi connectivity index (χ0) is 13.2. The number of fused-ring (bicyclic) bond motifs is 1. The quantitative estimate of drug-likeness (QED) is 0.910. The van der Waals surface area contributed by atoms with Gasteiger partial charge in [0.1, 0.15) is 0 Å². The number of rotatable bonds is 3. The SMILES string of the molecule is CC1CCC(C(N)Cc2ccnc3ccccc23)C1. The molecule has 3 atom stereocenters. The molecule has 2 N–H and O–H groups in total. The molecule has 2 nitrogen and oxygen atoms in total. The normalized spacial score (nSPS) is 24.7. The van der Waals surface area contributed by atoms with E-state index in [0.29, 0.717) is 5.92 Å². The first-order chi connectivity index (χ1) is 9.24. The zero-order valence-electron chi connectivity index (χ0n) is 11.5. The molecule has 0 saturated heterocycles. The maximum absolute atomic E-state index is 6.44. The number of nitrogens with zero attached hydrogens (tertiary/aromatic N) is 1. The average Bonchev–Trinajstić information content (AvgIpc) is 2.86. The van der Waals surface area contributed by atoms with Crippen LogP contribution in [0.5, 0.6) is 0 Å². The van der Waals surface area contributed by atoms with Gasteiger partial charge in [-0.05, 0) is 48.8 Å². The maximum Gasteiger partial charge on any atom is 0.0704 e. The summed E-state index contributed by atoms with van der Waals surface area (Å²) in [5.41, 5.74) is 8.86. The molecule has 1 aliphatic carbocycles. The minimum Gasteiger partial charge on any atom is -0.327 e. The van der Waals surface area contributed by atoms with E-state index in [4.69, 9.17) is 5.73 Å². The molecular weight excluding hydrogens is 232 g/mol. The van der Waals surface area contributed by atoms with Crippen LogP contribution in [-0.2, 0) is 6.42 Å². The third kappa shape index (κ3) is 2.64.